The van der Waals surface area contributed by atoms with Crippen LogP contribution in [0, 0.1) is 23.3 Å². The van der Waals surface area contributed by atoms with Crippen molar-refractivity contribution in [1.82, 2.24) is 0 Å². The van der Waals surface area contributed by atoms with E-state index in [2.05, 4.69) is 6.58 Å². The third-order valence-electron chi connectivity index (χ3n) is 6.09. The van der Waals surface area contributed by atoms with E-state index in [0.29, 0.717) is 106 Å². The number of hydrogen-bond acceptors (Lipinski definition) is 13. The van der Waals surface area contributed by atoms with E-state index in [0.717, 1.165) is 12.0 Å². The molecule has 0 saturated heterocycles. The van der Waals surface area contributed by atoms with Crippen LogP contribution >= 0.6 is 12.0 Å². The summed E-state index contributed by atoms with van der Waals surface area (Å²) >= 11 is -0.495. The molecule has 1 rings (SSSR count). The lowest BCUT2D eigenvalue weighted by Gasteiger charge is -2.10. The zero-order valence-electron chi connectivity index (χ0n) is 30.1. The molecule has 1 aromatic carbocycles. The Hall–Kier alpha value is -1.74. The van der Waals surface area contributed by atoms with Gasteiger partial charge in [0.2, 0.25) is 0 Å². The van der Waals surface area contributed by atoms with E-state index in [1.807, 2.05) is 20.8 Å². The van der Waals surface area contributed by atoms with Gasteiger partial charge >= 0.3 is 0 Å². The molecule has 1 aromatic rings. The van der Waals surface area contributed by atoms with Gasteiger partial charge in [-0.05, 0) is 13.3 Å². The Morgan fingerprint density at radius 2 is 0.725 bits per heavy atom. The summed E-state index contributed by atoms with van der Waals surface area (Å²) in [5.74, 6) is -8.60. The lowest BCUT2D eigenvalue weighted by Crippen LogP contribution is -2.16. The van der Waals surface area contributed by atoms with Gasteiger partial charge in [0.1, 0.15) is 4.90 Å². The van der Waals surface area contributed by atoms with E-state index in [1.54, 1.807) is 0 Å². The average molecular weight is 765 g/mol. The second kappa shape index (κ2) is 35.3. The predicted molar refractivity (Wildman–Crippen MR) is 183 cm³/mol. The number of Topliss-reactive ketones (excluding diaryl/α,β-unsaturated/α-hetero) is 1. The van der Waals surface area contributed by atoms with Crippen molar-refractivity contribution in [2.24, 2.45) is 0 Å². The van der Waals surface area contributed by atoms with Crippen LogP contribution < -0.4 is 0 Å². The SMILES string of the molecule is C=C(C)CCOCCOCCOCCOCCOCCOCCOCCOCCOCCOCCC(=O)c1c(F)c(F)c(SO)c(F)c1F.CC. The molecule has 298 valence electrons. The number of ether oxygens (including phenoxy) is 10. The Morgan fingerprint density at radius 1 is 0.490 bits per heavy atom. The van der Waals surface area contributed by atoms with Crippen molar-refractivity contribution >= 4 is 17.8 Å². The summed E-state index contributed by atoms with van der Waals surface area (Å²) < 4.78 is 118. The molecular formula is C34H56F4O12S. The molecule has 12 nitrogen and oxygen atoms in total. The predicted octanol–water partition coefficient (Wildman–Crippen LogP) is 5.54. The summed E-state index contributed by atoms with van der Waals surface area (Å²) in [6.45, 7) is 17.5. The van der Waals surface area contributed by atoms with Gasteiger partial charge in [-0.15, -0.1) is 6.58 Å². The largest absolute Gasteiger partial charge is 0.379 e. The first kappa shape index (κ1) is 49.3. The van der Waals surface area contributed by atoms with Gasteiger partial charge in [0.15, 0.2) is 29.1 Å². The number of rotatable bonds is 35. The molecule has 0 fully saturated rings. The van der Waals surface area contributed by atoms with E-state index < -0.39 is 58.0 Å². The van der Waals surface area contributed by atoms with Crippen LogP contribution in [0.2, 0.25) is 0 Å². The van der Waals surface area contributed by atoms with Gasteiger partial charge in [0.05, 0.1) is 138 Å². The minimum absolute atomic E-state index is 0.0733. The fourth-order valence-electron chi connectivity index (χ4n) is 3.55. The van der Waals surface area contributed by atoms with Crippen molar-refractivity contribution in [1.29, 1.82) is 0 Å². The minimum atomic E-state index is -1.87. The Labute approximate surface area is 303 Å². The highest BCUT2D eigenvalue weighted by Crippen LogP contribution is 2.30. The molecule has 0 aromatic heterocycles. The highest BCUT2D eigenvalue weighted by Gasteiger charge is 2.29. The molecule has 0 heterocycles. The number of halogens is 4. The maximum atomic E-state index is 13.9. The third kappa shape index (κ3) is 25.8. The molecule has 0 saturated carbocycles. The first-order valence-corrected chi connectivity index (χ1v) is 17.7. The molecule has 0 amide bonds. The molecule has 0 radical (unpaired) electrons. The first-order valence-electron chi connectivity index (χ1n) is 16.9. The molecule has 17 heteroatoms. The van der Waals surface area contributed by atoms with Crippen LogP contribution in [0.4, 0.5) is 17.6 Å². The number of carbonyl (C=O) groups is 1. The second-order valence-corrected chi connectivity index (χ2v) is 10.6. The highest BCUT2D eigenvalue weighted by molar-refractivity contribution is 7.93. The summed E-state index contributed by atoms with van der Waals surface area (Å²) in [6.07, 6.45) is 0.349. The topological polar surface area (TPSA) is 130 Å². The number of hydrogen-bond donors (Lipinski definition) is 1. The Balaban J connectivity index is 0.0000123. The first-order chi connectivity index (χ1) is 24.8. The summed E-state index contributed by atoms with van der Waals surface area (Å²) in [7, 11) is 0. The molecular weight excluding hydrogens is 708 g/mol. The maximum Gasteiger partial charge on any atom is 0.178 e. The van der Waals surface area contributed by atoms with Crippen molar-refractivity contribution in [3.05, 3.63) is 41.0 Å². The molecule has 51 heavy (non-hydrogen) atoms. The maximum absolute atomic E-state index is 13.9. The van der Waals surface area contributed by atoms with Gasteiger partial charge in [0, 0.05) is 18.5 Å². The standard InChI is InChI=1S/C32H50F4O12S.C2H6/c1-25(2)3-5-39-7-9-41-11-13-43-15-17-45-19-21-47-23-24-48-22-20-46-18-16-44-14-12-42-10-8-40-6-4-26(37)27-28(33)30(35)32(49-38)31(36)29(27)34;1-2/h38H,1,3-24H2,2H3;1-2H3. The molecule has 0 aliphatic heterocycles. The summed E-state index contributed by atoms with van der Waals surface area (Å²) in [5.41, 5.74) is -0.249. The molecule has 1 N–H and O–H groups in total. The normalized spacial score (nSPS) is 11.1. The van der Waals surface area contributed by atoms with Crippen molar-refractivity contribution in [2.45, 2.75) is 38.5 Å². The number of carbonyl (C=O) groups excluding carboxylic acids is 1. The van der Waals surface area contributed by atoms with E-state index in [-0.39, 0.29) is 26.4 Å². The van der Waals surface area contributed by atoms with E-state index in [1.165, 1.54) is 0 Å². The summed E-state index contributed by atoms with van der Waals surface area (Å²) in [4.78, 5) is 10.8. The van der Waals surface area contributed by atoms with Gasteiger partial charge in [0.25, 0.3) is 0 Å². The monoisotopic (exact) mass is 764 g/mol. The third-order valence-corrected chi connectivity index (χ3v) is 6.63. The van der Waals surface area contributed by atoms with Crippen LogP contribution in [0.5, 0.6) is 0 Å². The fourth-order valence-corrected chi connectivity index (χ4v) is 3.89. The van der Waals surface area contributed by atoms with Gasteiger partial charge < -0.3 is 51.9 Å². The van der Waals surface area contributed by atoms with Gasteiger partial charge in [-0.25, -0.2) is 17.6 Å². The average Bonchev–Trinajstić information content (AvgIpc) is 3.12. The molecule has 0 aliphatic rings. The van der Waals surface area contributed by atoms with Crippen molar-refractivity contribution in [3.8, 4) is 0 Å². The summed E-state index contributed by atoms with van der Waals surface area (Å²) in [5, 5.41) is 0. The van der Waals surface area contributed by atoms with Gasteiger partial charge in [-0.2, -0.15) is 0 Å². The van der Waals surface area contributed by atoms with Gasteiger partial charge in [-0.1, -0.05) is 19.4 Å². The Kier molecular flexibility index (Phi) is 34.1. The van der Waals surface area contributed by atoms with Crippen molar-refractivity contribution in [2.75, 3.05) is 132 Å². The van der Waals surface area contributed by atoms with E-state index in [9.17, 15) is 22.4 Å². The van der Waals surface area contributed by atoms with Crippen LogP contribution in [0.1, 0.15) is 44.0 Å². The quantitative estimate of drug-likeness (QED) is 0.0232. The molecule has 0 aliphatic carbocycles. The lowest BCUT2D eigenvalue weighted by atomic mass is 10.1. The van der Waals surface area contributed by atoms with Crippen LogP contribution in [0.3, 0.4) is 0 Å². The Morgan fingerprint density at radius 3 is 0.961 bits per heavy atom. The second-order valence-electron chi connectivity index (χ2n) is 10.1. The van der Waals surface area contributed by atoms with Gasteiger partial charge in [-0.3, -0.25) is 4.79 Å². The fraction of sp³-hybridized carbons (Fsp3) is 0.735. The van der Waals surface area contributed by atoms with Crippen LogP contribution in [-0.2, 0) is 47.4 Å². The molecule has 0 unspecified atom stereocenters. The van der Waals surface area contributed by atoms with Crippen molar-refractivity contribution in [3.63, 3.8) is 0 Å². The molecule has 0 bridgehead atoms. The van der Waals surface area contributed by atoms with Crippen molar-refractivity contribution < 1.29 is 74.3 Å². The van der Waals surface area contributed by atoms with E-state index in [4.69, 9.17) is 51.9 Å². The highest BCUT2D eigenvalue weighted by atomic mass is 32.2. The summed E-state index contributed by atoms with van der Waals surface area (Å²) in [6, 6.07) is 0. The number of benzene rings is 1. The Bertz CT molecular complexity index is 997. The zero-order valence-corrected chi connectivity index (χ0v) is 30.9. The molecule has 0 atom stereocenters. The zero-order chi connectivity index (χ0) is 38.0. The minimum Gasteiger partial charge on any atom is -0.379 e. The van der Waals surface area contributed by atoms with Crippen LogP contribution in [0.25, 0.3) is 0 Å². The number of ketones is 1. The lowest BCUT2D eigenvalue weighted by molar-refractivity contribution is -0.0263. The smallest absolute Gasteiger partial charge is 0.178 e. The van der Waals surface area contributed by atoms with Crippen LogP contribution in [-0.4, -0.2) is 142 Å². The van der Waals surface area contributed by atoms with E-state index >= 15 is 0 Å². The van der Waals surface area contributed by atoms with Crippen LogP contribution in [0.15, 0.2) is 17.0 Å². The molecule has 0 spiro atoms.